The molecule has 0 saturated carbocycles. The number of amides is 3. The topological polar surface area (TPSA) is 83.9 Å². The first-order valence-electron chi connectivity index (χ1n) is 12.5. The molecule has 8 heteroatoms. The van der Waals surface area contributed by atoms with Crippen molar-refractivity contribution in [3.05, 3.63) is 54.4 Å². The Morgan fingerprint density at radius 3 is 2.11 bits per heavy atom. The minimum Gasteiger partial charge on any atom is -0.444 e. The second kappa shape index (κ2) is 10.5. The molecule has 0 radical (unpaired) electrons. The maximum absolute atomic E-state index is 13.3. The average molecular weight is 481 g/mol. The lowest BCUT2D eigenvalue weighted by Crippen LogP contribution is -2.43. The molecular formula is C27H36N4O4. The number of nitrogens with zero attached hydrogens (tertiary/aromatic N) is 3. The van der Waals surface area contributed by atoms with Crippen molar-refractivity contribution in [3.8, 4) is 0 Å². The molecule has 0 atom stereocenters. The number of piperidine rings is 2. The zero-order valence-corrected chi connectivity index (χ0v) is 20.9. The molecule has 0 spiro atoms. The minimum absolute atomic E-state index is 0.00601. The van der Waals surface area contributed by atoms with E-state index in [1.165, 1.54) is 0 Å². The summed E-state index contributed by atoms with van der Waals surface area (Å²) in [6, 6.07) is 13.4. The highest BCUT2D eigenvalue weighted by atomic mass is 16.6. The lowest BCUT2D eigenvalue weighted by atomic mass is 9.95. The lowest BCUT2D eigenvalue weighted by molar-refractivity contribution is -0.121. The van der Waals surface area contributed by atoms with Crippen LogP contribution in [0.5, 0.6) is 0 Å². The van der Waals surface area contributed by atoms with Crippen LogP contribution >= 0.6 is 0 Å². The molecule has 2 aromatic rings. The van der Waals surface area contributed by atoms with Crippen molar-refractivity contribution < 1.29 is 19.1 Å². The highest BCUT2D eigenvalue weighted by Gasteiger charge is 2.32. The number of benzene rings is 1. The molecule has 35 heavy (non-hydrogen) atoms. The average Bonchev–Trinajstić information content (AvgIpc) is 3.33. The molecule has 2 saturated heterocycles. The van der Waals surface area contributed by atoms with Gasteiger partial charge in [0.1, 0.15) is 11.3 Å². The van der Waals surface area contributed by atoms with Crippen molar-refractivity contribution in [2.45, 2.75) is 58.1 Å². The van der Waals surface area contributed by atoms with Crippen LogP contribution in [0.25, 0.3) is 0 Å². The number of hydrogen-bond donors (Lipinski definition) is 1. The molecule has 1 aromatic heterocycles. The van der Waals surface area contributed by atoms with Gasteiger partial charge in [0.25, 0.3) is 5.91 Å². The van der Waals surface area contributed by atoms with Crippen LogP contribution < -0.4 is 5.32 Å². The number of likely N-dealkylation sites (tertiary alicyclic amines) is 2. The van der Waals surface area contributed by atoms with Crippen molar-refractivity contribution >= 4 is 23.6 Å². The third-order valence-electron chi connectivity index (χ3n) is 6.70. The number of rotatable bonds is 4. The number of nitrogens with one attached hydrogen (secondary N) is 1. The zero-order valence-electron chi connectivity index (χ0n) is 20.9. The maximum Gasteiger partial charge on any atom is 0.410 e. The molecule has 8 nitrogen and oxygen atoms in total. The van der Waals surface area contributed by atoms with Crippen molar-refractivity contribution in [3.63, 3.8) is 0 Å². The lowest BCUT2D eigenvalue weighted by Gasteiger charge is -2.35. The third kappa shape index (κ3) is 6.24. The molecule has 1 N–H and O–H groups in total. The highest BCUT2D eigenvalue weighted by Crippen LogP contribution is 2.27. The molecule has 188 valence electrons. The van der Waals surface area contributed by atoms with E-state index in [0.29, 0.717) is 44.7 Å². The Kier molecular flexibility index (Phi) is 7.48. The molecule has 0 aliphatic carbocycles. The van der Waals surface area contributed by atoms with Crippen LogP contribution in [0.3, 0.4) is 0 Å². The standard InChI is InChI=1S/C27H36N4O4/c1-27(2,3)35-26(34)30-18-13-22(14-19-30)31-15-7-10-23(31)25(33)29-16-11-20(12-17-29)24(32)28-21-8-5-4-6-9-21/h4-10,15,20,22H,11-14,16-19H2,1-3H3,(H,28,32). The number of para-hydroxylation sites is 1. The number of anilines is 1. The Bertz CT molecular complexity index is 1030. The molecule has 2 aliphatic rings. The number of ether oxygens (including phenoxy) is 1. The second-order valence-corrected chi connectivity index (χ2v) is 10.4. The van der Waals surface area contributed by atoms with Crippen LogP contribution in [0.15, 0.2) is 48.7 Å². The van der Waals surface area contributed by atoms with Crippen molar-refractivity contribution in [2.75, 3.05) is 31.5 Å². The van der Waals surface area contributed by atoms with Crippen LogP contribution in [-0.4, -0.2) is 64.1 Å². The number of hydrogen-bond acceptors (Lipinski definition) is 4. The Morgan fingerprint density at radius 1 is 0.857 bits per heavy atom. The monoisotopic (exact) mass is 480 g/mol. The van der Waals surface area contributed by atoms with Gasteiger partial charge in [-0.2, -0.15) is 0 Å². The normalized spacial score (nSPS) is 17.8. The minimum atomic E-state index is -0.510. The van der Waals surface area contributed by atoms with Gasteiger partial charge < -0.3 is 24.4 Å². The van der Waals surface area contributed by atoms with Crippen LogP contribution in [0.4, 0.5) is 10.5 Å². The summed E-state index contributed by atoms with van der Waals surface area (Å²) in [4.78, 5) is 41.9. The van der Waals surface area contributed by atoms with E-state index >= 15 is 0 Å². The van der Waals surface area contributed by atoms with Gasteiger partial charge in [-0.3, -0.25) is 9.59 Å². The fourth-order valence-corrected chi connectivity index (χ4v) is 4.82. The molecule has 0 bridgehead atoms. The largest absolute Gasteiger partial charge is 0.444 e. The molecule has 3 amide bonds. The van der Waals surface area contributed by atoms with E-state index in [2.05, 4.69) is 9.88 Å². The summed E-state index contributed by atoms with van der Waals surface area (Å²) >= 11 is 0. The Labute approximate surface area is 207 Å². The number of aromatic nitrogens is 1. The number of carbonyl (C=O) groups is 3. The molecule has 1 aromatic carbocycles. The van der Waals surface area contributed by atoms with E-state index in [-0.39, 0.29) is 29.9 Å². The van der Waals surface area contributed by atoms with Crippen molar-refractivity contribution in [1.82, 2.24) is 14.4 Å². The van der Waals surface area contributed by atoms with Gasteiger partial charge in [0, 0.05) is 50.0 Å². The van der Waals surface area contributed by atoms with E-state index in [4.69, 9.17) is 4.74 Å². The van der Waals surface area contributed by atoms with Crippen molar-refractivity contribution in [1.29, 1.82) is 0 Å². The summed E-state index contributed by atoms with van der Waals surface area (Å²) in [5, 5.41) is 2.98. The van der Waals surface area contributed by atoms with Crippen LogP contribution in [0.1, 0.15) is 63.0 Å². The maximum atomic E-state index is 13.3. The molecule has 4 rings (SSSR count). The summed E-state index contributed by atoms with van der Waals surface area (Å²) in [6.07, 6.45) is 4.53. The Morgan fingerprint density at radius 2 is 1.49 bits per heavy atom. The molecule has 0 unspecified atom stereocenters. The molecular weight excluding hydrogens is 444 g/mol. The van der Waals surface area contributed by atoms with E-state index in [0.717, 1.165) is 18.5 Å². The van der Waals surface area contributed by atoms with Gasteiger partial charge >= 0.3 is 6.09 Å². The van der Waals surface area contributed by atoms with Crippen LogP contribution in [-0.2, 0) is 9.53 Å². The quantitative estimate of drug-likeness (QED) is 0.696. The first kappa shape index (κ1) is 24.8. The summed E-state index contributed by atoms with van der Waals surface area (Å²) in [5.74, 6) is -0.0712. The van der Waals surface area contributed by atoms with Gasteiger partial charge in [0.15, 0.2) is 0 Å². The first-order chi connectivity index (χ1) is 16.7. The fourth-order valence-electron chi connectivity index (χ4n) is 4.82. The Balaban J connectivity index is 1.30. The highest BCUT2D eigenvalue weighted by molar-refractivity contribution is 5.94. The predicted octanol–water partition coefficient (Wildman–Crippen LogP) is 4.55. The fraction of sp³-hybridized carbons (Fsp3) is 0.519. The van der Waals surface area contributed by atoms with Gasteiger partial charge in [-0.25, -0.2) is 4.79 Å². The third-order valence-corrected chi connectivity index (χ3v) is 6.70. The SMILES string of the molecule is CC(C)(C)OC(=O)N1CCC(n2cccc2C(=O)N2CCC(C(=O)Nc3ccccc3)CC2)CC1. The second-order valence-electron chi connectivity index (χ2n) is 10.4. The van der Waals surface area contributed by atoms with Crippen molar-refractivity contribution in [2.24, 2.45) is 5.92 Å². The van der Waals surface area contributed by atoms with Crippen LogP contribution in [0, 0.1) is 5.92 Å². The predicted molar refractivity (Wildman–Crippen MR) is 134 cm³/mol. The van der Waals surface area contributed by atoms with Gasteiger partial charge in [-0.05, 0) is 70.7 Å². The number of carbonyl (C=O) groups excluding carboxylic acids is 3. The van der Waals surface area contributed by atoms with E-state index in [1.54, 1.807) is 4.90 Å². The van der Waals surface area contributed by atoms with Gasteiger partial charge in [-0.15, -0.1) is 0 Å². The zero-order chi connectivity index (χ0) is 25.0. The summed E-state index contributed by atoms with van der Waals surface area (Å²) in [7, 11) is 0. The summed E-state index contributed by atoms with van der Waals surface area (Å²) < 4.78 is 7.55. The van der Waals surface area contributed by atoms with E-state index in [1.807, 2.05) is 74.3 Å². The van der Waals surface area contributed by atoms with E-state index in [9.17, 15) is 14.4 Å². The summed E-state index contributed by atoms with van der Waals surface area (Å²) in [5.41, 5.74) is 0.961. The molecule has 2 fully saturated rings. The molecule has 2 aliphatic heterocycles. The molecule has 3 heterocycles. The summed E-state index contributed by atoms with van der Waals surface area (Å²) in [6.45, 7) is 7.94. The van der Waals surface area contributed by atoms with E-state index < -0.39 is 5.60 Å². The first-order valence-corrected chi connectivity index (χ1v) is 12.5. The van der Waals surface area contributed by atoms with Gasteiger partial charge in [0.05, 0.1) is 0 Å². The van der Waals surface area contributed by atoms with Gasteiger partial charge in [-0.1, -0.05) is 18.2 Å². The van der Waals surface area contributed by atoms with Crippen LogP contribution in [0.2, 0.25) is 0 Å². The van der Waals surface area contributed by atoms with Gasteiger partial charge in [0.2, 0.25) is 5.91 Å². The Hall–Kier alpha value is -3.29. The smallest absolute Gasteiger partial charge is 0.410 e.